The van der Waals surface area contributed by atoms with Gasteiger partial charge in [-0.25, -0.2) is 16.8 Å². The summed E-state index contributed by atoms with van der Waals surface area (Å²) in [6, 6.07) is 14.8. The van der Waals surface area contributed by atoms with Crippen molar-refractivity contribution in [2.75, 3.05) is 49.6 Å². The van der Waals surface area contributed by atoms with Crippen LogP contribution in [0.2, 0.25) is 10.0 Å². The summed E-state index contributed by atoms with van der Waals surface area (Å²) in [5.41, 5.74) is 0.433. The van der Waals surface area contributed by atoms with Gasteiger partial charge >= 0.3 is 0 Å². The Morgan fingerprint density at radius 2 is 1.68 bits per heavy atom. The number of sulfonamides is 2. The Bertz CT molecular complexity index is 1610. The van der Waals surface area contributed by atoms with Crippen molar-refractivity contribution in [3.05, 3.63) is 76.3 Å². The molecular formula is C26H27Cl2N3O7S2. The summed E-state index contributed by atoms with van der Waals surface area (Å²) in [6.45, 7) is 2.84. The predicted octanol–water partition coefficient (Wildman–Crippen LogP) is 4.49. The van der Waals surface area contributed by atoms with Crippen LogP contribution >= 0.6 is 23.2 Å². The molecule has 1 heterocycles. The Kier molecular flexibility index (Phi) is 9.28. The summed E-state index contributed by atoms with van der Waals surface area (Å²) in [4.78, 5) is 13.0. The Hall–Kier alpha value is -2.87. The van der Waals surface area contributed by atoms with Crippen molar-refractivity contribution in [3.63, 3.8) is 0 Å². The SMILES string of the molecule is CCN(c1ccccc1)S(=O)(=O)c1cc(C(=O)Nc2ccc(S(=O)(=O)N3CCOCC3)cc2OC)c(Cl)cc1Cl. The van der Waals surface area contributed by atoms with Crippen LogP contribution in [0.1, 0.15) is 17.3 Å². The first-order valence-electron chi connectivity index (χ1n) is 12.1. The third kappa shape index (κ3) is 6.07. The summed E-state index contributed by atoms with van der Waals surface area (Å²) in [5.74, 6) is -0.662. The fourth-order valence-electron chi connectivity index (χ4n) is 4.17. The van der Waals surface area contributed by atoms with E-state index in [9.17, 15) is 21.6 Å². The van der Waals surface area contributed by atoms with E-state index in [4.69, 9.17) is 32.7 Å². The number of nitrogens with zero attached hydrogens (tertiary/aromatic N) is 2. The summed E-state index contributed by atoms with van der Waals surface area (Å²) in [5, 5.41) is 2.40. The average molecular weight is 629 g/mol. The lowest BCUT2D eigenvalue weighted by atomic mass is 10.2. The van der Waals surface area contributed by atoms with Crippen LogP contribution < -0.4 is 14.4 Å². The molecule has 14 heteroatoms. The highest BCUT2D eigenvalue weighted by atomic mass is 35.5. The number of hydrogen-bond acceptors (Lipinski definition) is 7. The Labute approximate surface area is 243 Å². The van der Waals surface area contributed by atoms with E-state index >= 15 is 0 Å². The number of rotatable bonds is 9. The van der Waals surface area contributed by atoms with Crippen molar-refractivity contribution >= 4 is 60.5 Å². The van der Waals surface area contributed by atoms with Crippen molar-refractivity contribution in [2.45, 2.75) is 16.7 Å². The normalized spacial score (nSPS) is 14.5. The molecule has 4 rings (SSSR count). The summed E-state index contributed by atoms with van der Waals surface area (Å²) >= 11 is 12.6. The van der Waals surface area contributed by atoms with Gasteiger partial charge in [-0.15, -0.1) is 0 Å². The number of amides is 1. The molecule has 10 nitrogen and oxygen atoms in total. The minimum atomic E-state index is -4.17. The van der Waals surface area contributed by atoms with Gasteiger partial charge in [-0.3, -0.25) is 9.10 Å². The molecule has 1 N–H and O–H groups in total. The van der Waals surface area contributed by atoms with E-state index in [2.05, 4.69) is 5.32 Å². The average Bonchev–Trinajstić information content (AvgIpc) is 2.94. The van der Waals surface area contributed by atoms with Crippen LogP contribution in [0.15, 0.2) is 70.5 Å². The lowest BCUT2D eigenvalue weighted by molar-refractivity contribution is 0.0730. The monoisotopic (exact) mass is 627 g/mol. The van der Waals surface area contributed by atoms with Gasteiger partial charge in [0.05, 0.1) is 52.2 Å². The topological polar surface area (TPSA) is 122 Å². The van der Waals surface area contributed by atoms with Crippen molar-refractivity contribution < 1.29 is 31.1 Å². The molecule has 1 fully saturated rings. The van der Waals surface area contributed by atoms with E-state index in [1.54, 1.807) is 37.3 Å². The number of nitrogens with one attached hydrogen (secondary N) is 1. The molecule has 0 unspecified atom stereocenters. The Balaban J connectivity index is 1.65. The number of morpholine rings is 1. The van der Waals surface area contributed by atoms with Gasteiger partial charge in [0, 0.05) is 25.7 Å². The maximum atomic E-state index is 13.6. The molecule has 1 saturated heterocycles. The molecule has 3 aromatic carbocycles. The highest BCUT2D eigenvalue weighted by Gasteiger charge is 2.30. The standard InChI is InChI=1S/C26H27Cl2N3O7S2/c1-3-31(18-7-5-4-6-8-18)40(35,36)25-16-20(21(27)17-22(25)28)26(32)29-23-10-9-19(15-24(23)37-2)39(33,34)30-11-13-38-14-12-30/h4-10,15-17H,3,11-14H2,1-2H3,(H,29,32). The molecule has 0 bridgehead atoms. The second-order valence-corrected chi connectivity index (χ2v) is 13.2. The zero-order valence-electron chi connectivity index (χ0n) is 21.6. The number of methoxy groups -OCH3 is 1. The van der Waals surface area contributed by atoms with Crippen LogP contribution in [-0.4, -0.2) is 67.0 Å². The van der Waals surface area contributed by atoms with Crippen LogP contribution in [0.5, 0.6) is 5.75 Å². The molecule has 40 heavy (non-hydrogen) atoms. The van der Waals surface area contributed by atoms with Crippen LogP contribution in [0.3, 0.4) is 0 Å². The highest BCUT2D eigenvalue weighted by molar-refractivity contribution is 7.93. The van der Waals surface area contributed by atoms with Crippen molar-refractivity contribution in [3.8, 4) is 5.75 Å². The quantitative estimate of drug-likeness (QED) is 0.371. The molecule has 3 aromatic rings. The third-order valence-electron chi connectivity index (χ3n) is 6.19. The van der Waals surface area contributed by atoms with E-state index in [0.717, 1.165) is 6.07 Å². The maximum Gasteiger partial charge on any atom is 0.265 e. The number of carbonyl (C=O) groups is 1. The van der Waals surface area contributed by atoms with Gasteiger partial charge in [-0.1, -0.05) is 41.4 Å². The minimum Gasteiger partial charge on any atom is -0.495 e. The van der Waals surface area contributed by atoms with Gasteiger partial charge in [0.15, 0.2) is 0 Å². The largest absolute Gasteiger partial charge is 0.495 e. The van der Waals surface area contributed by atoms with Gasteiger partial charge in [-0.05, 0) is 43.3 Å². The molecule has 0 aromatic heterocycles. The number of ether oxygens (including phenoxy) is 2. The number of benzene rings is 3. The van der Waals surface area contributed by atoms with Crippen molar-refractivity contribution in [1.29, 1.82) is 0 Å². The lowest BCUT2D eigenvalue weighted by Gasteiger charge is -2.26. The molecule has 0 saturated carbocycles. The van der Waals surface area contributed by atoms with Gasteiger partial charge in [0.2, 0.25) is 10.0 Å². The van der Waals surface area contributed by atoms with E-state index in [1.165, 1.54) is 40.0 Å². The molecule has 214 valence electrons. The Morgan fingerprint density at radius 3 is 2.30 bits per heavy atom. The number of para-hydroxylation sites is 1. The number of halogens is 2. The zero-order chi connectivity index (χ0) is 29.1. The van der Waals surface area contributed by atoms with E-state index in [1.807, 2.05) is 0 Å². The van der Waals surface area contributed by atoms with Gasteiger partial charge in [0.1, 0.15) is 10.6 Å². The van der Waals surface area contributed by atoms with Crippen molar-refractivity contribution in [2.24, 2.45) is 0 Å². The minimum absolute atomic E-state index is 0.0114. The summed E-state index contributed by atoms with van der Waals surface area (Å²) in [7, 11) is -6.64. The van der Waals surface area contributed by atoms with Crippen LogP contribution in [0.25, 0.3) is 0 Å². The highest BCUT2D eigenvalue weighted by Crippen LogP contribution is 2.34. The first-order valence-corrected chi connectivity index (χ1v) is 15.8. The number of anilines is 2. The van der Waals surface area contributed by atoms with Gasteiger partial charge in [-0.2, -0.15) is 4.31 Å². The van der Waals surface area contributed by atoms with Crippen LogP contribution in [0.4, 0.5) is 11.4 Å². The number of hydrogen-bond donors (Lipinski definition) is 1. The van der Waals surface area contributed by atoms with Gasteiger partial charge in [0.25, 0.3) is 15.9 Å². The third-order valence-corrected chi connectivity index (χ3v) is 10.8. The smallest absolute Gasteiger partial charge is 0.265 e. The molecule has 0 spiro atoms. The van der Waals surface area contributed by atoms with Crippen molar-refractivity contribution in [1.82, 2.24) is 4.31 Å². The fraction of sp³-hybridized carbons (Fsp3) is 0.269. The first-order chi connectivity index (χ1) is 19.0. The molecule has 0 aliphatic carbocycles. The molecule has 1 aliphatic heterocycles. The van der Waals surface area contributed by atoms with Crippen LogP contribution in [-0.2, 0) is 24.8 Å². The predicted molar refractivity (Wildman–Crippen MR) is 154 cm³/mol. The summed E-state index contributed by atoms with van der Waals surface area (Å²) < 4.78 is 66.3. The fourth-order valence-corrected chi connectivity index (χ4v) is 7.90. The summed E-state index contributed by atoms with van der Waals surface area (Å²) in [6.07, 6.45) is 0. The second kappa shape index (κ2) is 12.3. The Morgan fingerprint density at radius 1 is 1.00 bits per heavy atom. The van der Waals surface area contributed by atoms with E-state index in [-0.39, 0.29) is 56.5 Å². The van der Waals surface area contributed by atoms with Crippen LogP contribution in [0, 0.1) is 0 Å². The maximum absolute atomic E-state index is 13.6. The van der Waals surface area contributed by atoms with E-state index in [0.29, 0.717) is 18.9 Å². The van der Waals surface area contributed by atoms with Gasteiger partial charge < -0.3 is 14.8 Å². The molecule has 1 amide bonds. The van der Waals surface area contributed by atoms with E-state index < -0.39 is 26.0 Å². The lowest BCUT2D eigenvalue weighted by Crippen LogP contribution is -2.40. The molecule has 1 aliphatic rings. The number of carbonyl (C=O) groups excluding carboxylic acids is 1. The molecule has 0 atom stereocenters. The second-order valence-electron chi connectivity index (χ2n) is 8.60. The zero-order valence-corrected chi connectivity index (χ0v) is 24.8. The molecular weight excluding hydrogens is 601 g/mol. The first kappa shape index (κ1) is 30.1. The molecule has 0 radical (unpaired) electrons.